The first kappa shape index (κ1) is 22.8. The third kappa shape index (κ3) is 4.69. The van der Waals surface area contributed by atoms with Crippen molar-refractivity contribution < 1.29 is 9.59 Å². The highest BCUT2D eigenvalue weighted by molar-refractivity contribution is 6.08. The summed E-state index contributed by atoms with van der Waals surface area (Å²) in [6.07, 6.45) is 8.48. The molecule has 1 fully saturated rings. The maximum Gasteiger partial charge on any atom is 0.254 e. The van der Waals surface area contributed by atoms with Gasteiger partial charge in [-0.05, 0) is 62.4 Å². The number of amides is 2. The molecule has 4 N–H and O–H groups in total. The van der Waals surface area contributed by atoms with E-state index in [1.54, 1.807) is 18.5 Å². The molecule has 1 atom stereocenters. The number of aryl methyl sites for hydroxylation is 2. The van der Waals surface area contributed by atoms with Crippen molar-refractivity contribution in [2.75, 3.05) is 5.32 Å². The van der Waals surface area contributed by atoms with Crippen LogP contribution in [0.2, 0.25) is 0 Å². The highest BCUT2D eigenvalue weighted by Gasteiger charge is 2.32. The van der Waals surface area contributed by atoms with Crippen LogP contribution in [0.4, 0.5) is 5.69 Å². The molecule has 8 nitrogen and oxygen atoms in total. The molecule has 8 heteroatoms. The fraction of sp³-hybridized carbons (Fsp3) is 0.333. The number of nitrogens with one attached hydrogen (secondary N) is 4. The molecule has 0 saturated heterocycles. The molecule has 0 spiro atoms. The number of aromatic nitrogens is 4. The van der Waals surface area contributed by atoms with E-state index in [2.05, 4.69) is 30.8 Å². The van der Waals surface area contributed by atoms with Crippen LogP contribution in [0.1, 0.15) is 53.8 Å². The lowest BCUT2D eigenvalue weighted by Crippen LogP contribution is -2.49. The molecule has 4 aromatic rings. The van der Waals surface area contributed by atoms with Gasteiger partial charge in [-0.15, -0.1) is 0 Å². The molecule has 1 aliphatic rings. The van der Waals surface area contributed by atoms with Gasteiger partial charge in [0, 0.05) is 34.7 Å². The van der Waals surface area contributed by atoms with Crippen LogP contribution < -0.4 is 10.6 Å². The zero-order valence-corrected chi connectivity index (χ0v) is 20.0. The lowest BCUT2D eigenvalue weighted by atomic mass is 9.83. The van der Waals surface area contributed by atoms with Crippen molar-refractivity contribution in [2.45, 2.75) is 52.0 Å². The van der Waals surface area contributed by atoms with Gasteiger partial charge in [-0.25, -0.2) is 4.98 Å². The molecule has 1 saturated carbocycles. The first-order valence-corrected chi connectivity index (χ1v) is 12.2. The van der Waals surface area contributed by atoms with Crippen LogP contribution in [-0.4, -0.2) is 38.0 Å². The molecule has 1 aliphatic carbocycles. The minimum Gasteiger partial charge on any atom is -0.345 e. The second kappa shape index (κ2) is 9.74. The second-order valence-corrected chi connectivity index (χ2v) is 9.33. The fourth-order valence-electron chi connectivity index (χ4n) is 5.14. The highest BCUT2D eigenvalue weighted by atomic mass is 16.2. The average molecular weight is 471 g/mol. The Kier molecular flexibility index (Phi) is 6.35. The Bertz CT molecular complexity index is 1330. The number of rotatable bonds is 6. The van der Waals surface area contributed by atoms with Crippen molar-refractivity contribution in [3.63, 3.8) is 0 Å². The number of fused-ring (bicyclic) bond motifs is 1. The van der Waals surface area contributed by atoms with E-state index < -0.39 is 6.04 Å². The summed E-state index contributed by atoms with van der Waals surface area (Å²) < 4.78 is 0. The zero-order chi connectivity index (χ0) is 24.4. The Labute approximate surface area is 203 Å². The lowest BCUT2D eigenvalue weighted by Gasteiger charge is -2.30. The normalized spacial score (nSPS) is 15.1. The number of carbonyl (C=O) groups is 2. The number of H-pyrrole nitrogens is 2. The summed E-state index contributed by atoms with van der Waals surface area (Å²) in [5.74, 6) is -0.352. The van der Waals surface area contributed by atoms with Crippen LogP contribution in [0.3, 0.4) is 0 Å². The Hall–Kier alpha value is -3.94. The second-order valence-electron chi connectivity index (χ2n) is 9.33. The monoisotopic (exact) mass is 470 g/mol. The number of aromatic amines is 2. The molecule has 1 aromatic carbocycles. The molecule has 0 bridgehead atoms. The van der Waals surface area contributed by atoms with Gasteiger partial charge in [0.1, 0.15) is 11.7 Å². The number of anilines is 1. The largest absolute Gasteiger partial charge is 0.345 e. The van der Waals surface area contributed by atoms with Crippen LogP contribution in [0, 0.1) is 19.8 Å². The molecule has 2 amide bonds. The summed E-state index contributed by atoms with van der Waals surface area (Å²) >= 11 is 0. The summed E-state index contributed by atoms with van der Waals surface area (Å²) in [4.78, 5) is 34.0. The summed E-state index contributed by atoms with van der Waals surface area (Å²) in [6.45, 7) is 3.96. The fourth-order valence-corrected chi connectivity index (χ4v) is 5.14. The lowest BCUT2D eigenvalue weighted by molar-refractivity contribution is -0.119. The van der Waals surface area contributed by atoms with E-state index in [4.69, 9.17) is 0 Å². The quantitative estimate of drug-likeness (QED) is 0.321. The van der Waals surface area contributed by atoms with Gasteiger partial charge in [-0.3, -0.25) is 14.7 Å². The van der Waals surface area contributed by atoms with Gasteiger partial charge >= 0.3 is 0 Å². The van der Waals surface area contributed by atoms with Gasteiger partial charge in [-0.1, -0.05) is 31.4 Å². The molecule has 180 valence electrons. The number of carbonyl (C=O) groups excluding carboxylic acids is 2. The van der Waals surface area contributed by atoms with E-state index in [1.807, 2.05) is 44.2 Å². The smallest absolute Gasteiger partial charge is 0.254 e. The van der Waals surface area contributed by atoms with Crippen molar-refractivity contribution in [3.8, 4) is 11.1 Å². The minimum absolute atomic E-state index is 0.103. The molecule has 0 aliphatic heterocycles. The third-order valence-corrected chi connectivity index (χ3v) is 6.96. The number of benzene rings is 1. The van der Waals surface area contributed by atoms with Crippen LogP contribution in [-0.2, 0) is 4.79 Å². The van der Waals surface area contributed by atoms with Gasteiger partial charge in [0.2, 0.25) is 5.91 Å². The molecule has 35 heavy (non-hydrogen) atoms. The van der Waals surface area contributed by atoms with Gasteiger partial charge in [-0.2, -0.15) is 5.10 Å². The van der Waals surface area contributed by atoms with Crippen molar-refractivity contribution in [1.82, 2.24) is 25.5 Å². The third-order valence-electron chi connectivity index (χ3n) is 6.96. The van der Waals surface area contributed by atoms with Crippen molar-refractivity contribution in [2.24, 2.45) is 5.92 Å². The van der Waals surface area contributed by atoms with Crippen molar-refractivity contribution in [3.05, 3.63) is 65.7 Å². The zero-order valence-electron chi connectivity index (χ0n) is 20.0. The van der Waals surface area contributed by atoms with E-state index in [0.717, 1.165) is 53.6 Å². The Morgan fingerprint density at radius 2 is 1.83 bits per heavy atom. The maximum absolute atomic E-state index is 13.4. The number of hydrogen-bond donors (Lipinski definition) is 4. The predicted molar refractivity (Wildman–Crippen MR) is 136 cm³/mol. The number of nitrogens with zero attached hydrogens (tertiary/aromatic N) is 2. The Morgan fingerprint density at radius 3 is 2.54 bits per heavy atom. The SMILES string of the molecule is Cc1n[nH]c(C)c1-c1ccc(NC(=O)[C@@H](NC(=O)c2c[nH]c3ncccc23)C2CCCCC2)cc1. The standard InChI is InChI=1S/C27H30N6O2/c1-16-23(17(2)33-32-16)18-10-12-20(13-11-18)30-27(35)24(19-7-4-3-5-8-19)31-26(34)22-15-29-25-21(22)9-6-14-28-25/h6,9-15,19,24H,3-5,7-8H2,1-2H3,(H,28,29)(H,30,35)(H,31,34)(H,32,33)/t24-/m0/s1. The first-order valence-electron chi connectivity index (χ1n) is 12.2. The Morgan fingerprint density at radius 1 is 1.06 bits per heavy atom. The van der Waals surface area contributed by atoms with Crippen molar-refractivity contribution in [1.29, 1.82) is 0 Å². The molecule has 0 unspecified atom stereocenters. The minimum atomic E-state index is -0.609. The molecule has 5 rings (SSSR count). The van der Waals surface area contributed by atoms with E-state index in [9.17, 15) is 9.59 Å². The summed E-state index contributed by atoms with van der Waals surface area (Å²) in [6, 6.07) is 10.8. The first-order chi connectivity index (χ1) is 17.0. The van der Waals surface area contributed by atoms with E-state index in [0.29, 0.717) is 16.9 Å². The summed E-state index contributed by atoms with van der Waals surface area (Å²) in [5, 5.41) is 14.1. The highest BCUT2D eigenvalue weighted by Crippen LogP contribution is 2.29. The van der Waals surface area contributed by atoms with Crippen molar-refractivity contribution >= 4 is 28.5 Å². The predicted octanol–water partition coefficient (Wildman–Crippen LogP) is 4.89. The molecular weight excluding hydrogens is 440 g/mol. The topological polar surface area (TPSA) is 116 Å². The average Bonchev–Trinajstić information content (AvgIpc) is 3.46. The Balaban J connectivity index is 1.35. The van der Waals surface area contributed by atoms with Gasteiger partial charge < -0.3 is 15.6 Å². The van der Waals surface area contributed by atoms with E-state index >= 15 is 0 Å². The maximum atomic E-state index is 13.4. The van der Waals surface area contributed by atoms with Crippen LogP contribution >= 0.6 is 0 Å². The van der Waals surface area contributed by atoms with Gasteiger partial charge in [0.25, 0.3) is 5.91 Å². The van der Waals surface area contributed by atoms with E-state index in [-0.39, 0.29) is 17.7 Å². The molecule has 0 radical (unpaired) electrons. The molecule has 3 heterocycles. The molecule has 3 aromatic heterocycles. The summed E-state index contributed by atoms with van der Waals surface area (Å²) in [5.41, 5.74) is 5.90. The van der Waals surface area contributed by atoms with Crippen LogP contribution in [0.15, 0.2) is 48.8 Å². The van der Waals surface area contributed by atoms with Crippen LogP contribution in [0.5, 0.6) is 0 Å². The molecular formula is C27H30N6O2. The van der Waals surface area contributed by atoms with Gasteiger partial charge in [0.05, 0.1) is 11.3 Å². The van der Waals surface area contributed by atoms with Crippen LogP contribution in [0.25, 0.3) is 22.2 Å². The number of hydrogen-bond acceptors (Lipinski definition) is 4. The van der Waals surface area contributed by atoms with E-state index in [1.165, 1.54) is 6.42 Å². The van der Waals surface area contributed by atoms with Gasteiger partial charge in [0.15, 0.2) is 0 Å². The number of pyridine rings is 1. The summed E-state index contributed by atoms with van der Waals surface area (Å²) in [7, 11) is 0.